The van der Waals surface area contributed by atoms with E-state index in [9.17, 15) is 4.79 Å². The number of hydrogen-bond donors (Lipinski definition) is 1. The number of aryl methyl sites for hydroxylation is 1. The van der Waals surface area contributed by atoms with Crippen LogP contribution in [0.4, 0.5) is 0 Å². The monoisotopic (exact) mass is 374 g/mol. The molecular formula is C23H38N2O2. The van der Waals surface area contributed by atoms with Gasteiger partial charge in [-0.2, -0.15) is 0 Å². The fraction of sp³-hybridized carbons (Fsp3) is 0.696. The first-order valence-corrected chi connectivity index (χ1v) is 10.7. The number of rotatable bonds is 9. The molecule has 0 aromatic heterocycles. The lowest BCUT2D eigenvalue weighted by molar-refractivity contribution is -0.127. The van der Waals surface area contributed by atoms with Crippen molar-refractivity contribution in [2.45, 2.75) is 84.8 Å². The van der Waals surface area contributed by atoms with Crippen LogP contribution in [0.2, 0.25) is 0 Å². The highest BCUT2D eigenvalue weighted by atomic mass is 16.5. The van der Waals surface area contributed by atoms with E-state index < -0.39 is 6.10 Å². The smallest absolute Gasteiger partial charge is 0.260 e. The summed E-state index contributed by atoms with van der Waals surface area (Å²) in [7, 11) is 0. The van der Waals surface area contributed by atoms with Gasteiger partial charge in [0.25, 0.3) is 5.91 Å². The van der Waals surface area contributed by atoms with Crippen LogP contribution in [-0.4, -0.2) is 42.6 Å². The van der Waals surface area contributed by atoms with Gasteiger partial charge in [-0.25, -0.2) is 0 Å². The van der Waals surface area contributed by atoms with Crippen LogP contribution >= 0.6 is 0 Å². The van der Waals surface area contributed by atoms with E-state index in [-0.39, 0.29) is 5.91 Å². The topological polar surface area (TPSA) is 41.6 Å². The van der Waals surface area contributed by atoms with Crippen LogP contribution in [0.1, 0.15) is 76.8 Å². The Morgan fingerprint density at radius 3 is 2.78 bits per heavy atom. The summed E-state index contributed by atoms with van der Waals surface area (Å²) in [6, 6.07) is 6.95. The van der Waals surface area contributed by atoms with Gasteiger partial charge in [-0.1, -0.05) is 39.3 Å². The number of amides is 1. The highest BCUT2D eigenvalue weighted by molar-refractivity contribution is 5.80. The Kier molecular flexibility index (Phi) is 8.62. The molecule has 2 rings (SSSR count). The molecule has 0 radical (unpaired) electrons. The van der Waals surface area contributed by atoms with Gasteiger partial charge in [-0.15, -0.1) is 0 Å². The molecule has 4 heteroatoms. The molecule has 1 aliphatic heterocycles. The number of benzene rings is 1. The minimum atomic E-state index is -0.484. The van der Waals surface area contributed by atoms with Crippen molar-refractivity contribution in [3.63, 3.8) is 0 Å². The maximum Gasteiger partial charge on any atom is 0.260 e. The minimum absolute atomic E-state index is 0.0307. The summed E-state index contributed by atoms with van der Waals surface area (Å²) >= 11 is 0. The van der Waals surface area contributed by atoms with Gasteiger partial charge in [-0.3, -0.25) is 4.79 Å². The molecule has 1 amide bonds. The lowest BCUT2D eigenvalue weighted by Crippen LogP contribution is -2.41. The Bertz CT molecular complexity index is 600. The number of nitrogens with zero attached hydrogens (tertiary/aromatic N) is 1. The molecule has 152 valence electrons. The summed E-state index contributed by atoms with van der Waals surface area (Å²) in [5, 5.41) is 3.05. The number of likely N-dealkylation sites (tertiary alicyclic amines) is 1. The second kappa shape index (κ2) is 10.7. The molecule has 1 aromatic rings. The molecule has 1 saturated heterocycles. The van der Waals surface area contributed by atoms with Crippen molar-refractivity contribution in [2.75, 3.05) is 19.6 Å². The molecule has 4 nitrogen and oxygen atoms in total. The van der Waals surface area contributed by atoms with Crippen molar-refractivity contribution in [1.29, 1.82) is 0 Å². The number of carbonyl (C=O) groups excluding carboxylic acids is 1. The molecule has 0 unspecified atom stereocenters. The quantitative estimate of drug-likeness (QED) is 0.639. The van der Waals surface area contributed by atoms with Gasteiger partial charge in [0.05, 0.1) is 0 Å². The Morgan fingerprint density at radius 2 is 2.07 bits per heavy atom. The predicted molar refractivity (Wildman–Crippen MR) is 112 cm³/mol. The Labute approximate surface area is 165 Å². The average Bonchev–Trinajstić information content (AvgIpc) is 2.65. The first-order valence-electron chi connectivity index (χ1n) is 10.7. The van der Waals surface area contributed by atoms with Gasteiger partial charge >= 0.3 is 0 Å². The van der Waals surface area contributed by atoms with Crippen LogP contribution in [0.5, 0.6) is 5.75 Å². The fourth-order valence-electron chi connectivity index (χ4n) is 3.92. The van der Waals surface area contributed by atoms with E-state index in [4.69, 9.17) is 4.74 Å². The third-order valence-electron chi connectivity index (χ3n) is 5.61. The molecule has 1 fully saturated rings. The zero-order valence-electron chi connectivity index (χ0n) is 17.9. The number of carbonyl (C=O) groups is 1. The number of nitrogens with one attached hydrogen (secondary N) is 1. The van der Waals surface area contributed by atoms with E-state index >= 15 is 0 Å². The summed E-state index contributed by atoms with van der Waals surface area (Å²) in [5.41, 5.74) is 2.30. The van der Waals surface area contributed by atoms with Crippen molar-refractivity contribution >= 4 is 5.91 Å². The second-order valence-corrected chi connectivity index (χ2v) is 8.19. The van der Waals surface area contributed by atoms with Crippen molar-refractivity contribution < 1.29 is 9.53 Å². The number of ether oxygens (including phenoxy) is 1. The lowest BCUT2D eigenvalue weighted by Gasteiger charge is -2.35. The normalized spacial score (nSPS) is 19.1. The molecule has 0 aliphatic carbocycles. The molecule has 1 aliphatic rings. The van der Waals surface area contributed by atoms with Gasteiger partial charge in [0.2, 0.25) is 0 Å². The molecule has 2 atom stereocenters. The summed E-state index contributed by atoms with van der Waals surface area (Å²) in [6.07, 6.45) is 5.73. The highest BCUT2D eigenvalue weighted by Crippen LogP contribution is 2.28. The van der Waals surface area contributed by atoms with Crippen LogP contribution < -0.4 is 10.1 Å². The predicted octanol–water partition coefficient (Wildman–Crippen LogP) is 4.66. The second-order valence-electron chi connectivity index (χ2n) is 8.19. The van der Waals surface area contributed by atoms with E-state index in [0.717, 1.165) is 35.9 Å². The van der Waals surface area contributed by atoms with E-state index in [1.54, 1.807) is 0 Å². The Balaban J connectivity index is 1.78. The van der Waals surface area contributed by atoms with Crippen LogP contribution in [0.15, 0.2) is 18.2 Å². The summed E-state index contributed by atoms with van der Waals surface area (Å²) in [4.78, 5) is 15.0. The third kappa shape index (κ3) is 6.53. The van der Waals surface area contributed by atoms with Crippen molar-refractivity contribution in [3.8, 4) is 5.75 Å². The van der Waals surface area contributed by atoms with Crippen molar-refractivity contribution in [2.24, 2.45) is 0 Å². The Morgan fingerprint density at radius 1 is 1.30 bits per heavy atom. The van der Waals surface area contributed by atoms with Gasteiger partial charge in [0.15, 0.2) is 6.10 Å². The largest absolute Gasteiger partial charge is 0.481 e. The van der Waals surface area contributed by atoms with Crippen LogP contribution in [0, 0.1) is 6.92 Å². The third-order valence-corrected chi connectivity index (χ3v) is 5.61. The summed E-state index contributed by atoms with van der Waals surface area (Å²) in [6.45, 7) is 13.4. The average molecular weight is 375 g/mol. The van der Waals surface area contributed by atoms with E-state index in [2.05, 4.69) is 43.1 Å². The van der Waals surface area contributed by atoms with E-state index in [1.807, 2.05) is 19.9 Å². The van der Waals surface area contributed by atoms with Crippen molar-refractivity contribution in [3.05, 3.63) is 29.3 Å². The number of piperidine rings is 1. The van der Waals surface area contributed by atoms with Crippen LogP contribution in [0.3, 0.4) is 0 Å². The van der Waals surface area contributed by atoms with Gasteiger partial charge < -0.3 is 15.0 Å². The molecule has 0 saturated carbocycles. The molecule has 1 heterocycles. The van der Waals surface area contributed by atoms with Crippen LogP contribution in [-0.2, 0) is 4.79 Å². The molecule has 27 heavy (non-hydrogen) atoms. The van der Waals surface area contributed by atoms with Crippen LogP contribution in [0.25, 0.3) is 0 Å². The first kappa shape index (κ1) is 21.7. The molecule has 0 bridgehead atoms. The van der Waals surface area contributed by atoms with E-state index in [0.29, 0.717) is 12.5 Å². The zero-order chi connectivity index (χ0) is 19.8. The SMILES string of the molecule is CC[C@@H]1CCCCN1CCCNC(=O)[C@@H](C)Oc1cc(C)ccc1C(C)C. The van der Waals surface area contributed by atoms with Crippen molar-refractivity contribution in [1.82, 2.24) is 10.2 Å². The fourth-order valence-corrected chi connectivity index (χ4v) is 3.92. The molecule has 1 aromatic carbocycles. The minimum Gasteiger partial charge on any atom is -0.481 e. The first-order chi connectivity index (χ1) is 12.9. The molecular weight excluding hydrogens is 336 g/mol. The number of hydrogen-bond acceptors (Lipinski definition) is 3. The highest BCUT2D eigenvalue weighted by Gasteiger charge is 2.21. The maximum atomic E-state index is 12.4. The molecule has 0 spiro atoms. The standard InChI is InChI=1S/C23H38N2O2/c1-6-20-10-7-8-14-25(20)15-9-13-24-23(26)19(5)27-22-16-18(4)11-12-21(22)17(2)3/h11-12,16-17,19-20H,6-10,13-15H2,1-5H3,(H,24,26)/t19-,20-/m1/s1. The summed E-state index contributed by atoms with van der Waals surface area (Å²) in [5.74, 6) is 1.16. The lowest BCUT2D eigenvalue weighted by atomic mass is 10.00. The van der Waals surface area contributed by atoms with Gasteiger partial charge in [0.1, 0.15) is 5.75 Å². The van der Waals surface area contributed by atoms with Gasteiger partial charge in [-0.05, 0) is 69.2 Å². The molecule has 1 N–H and O–H groups in total. The van der Waals surface area contributed by atoms with Gasteiger partial charge in [0, 0.05) is 19.1 Å². The van der Waals surface area contributed by atoms with E-state index in [1.165, 1.54) is 32.2 Å². The Hall–Kier alpha value is -1.55. The summed E-state index contributed by atoms with van der Waals surface area (Å²) < 4.78 is 6.01. The zero-order valence-corrected chi connectivity index (χ0v) is 17.9. The maximum absolute atomic E-state index is 12.4.